The fourth-order valence-electron chi connectivity index (χ4n) is 3.38. The molecule has 2 heterocycles. The molecule has 1 atom stereocenters. The standard InChI is InChI=1S/C20H28N2O5/c1-20(2,3)27-19(24)22-9-5-6-15(22)13-21(4)18(23)14-7-8-16-17(12-14)26-11-10-25-16/h7-8,12,15H,5-6,9-11,13H2,1-4H3. The lowest BCUT2D eigenvalue weighted by atomic mass is 10.1. The van der Waals surface area contributed by atoms with Crippen LogP contribution in [0.5, 0.6) is 11.5 Å². The van der Waals surface area contributed by atoms with Gasteiger partial charge >= 0.3 is 6.09 Å². The number of amides is 2. The van der Waals surface area contributed by atoms with Crippen molar-refractivity contribution in [2.24, 2.45) is 0 Å². The number of likely N-dealkylation sites (tertiary alicyclic amines) is 1. The molecule has 1 aromatic carbocycles. The Labute approximate surface area is 160 Å². The molecule has 2 aliphatic heterocycles. The number of hydrogen-bond donors (Lipinski definition) is 0. The number of ether oxygens (including phenoxy) is 3. The quantitative estimate of drug-likeness (QED) is 0.811. The molecule has 0 saturated carbocycles. The van der Waals surface area contributed by atoms with Crippen LogP contribution in [0.2, 0.25) is 0 Å². The highest BCUT2D eigenvalue weighted by atomic mass is 16.6. The smallest absolute Gasteiger partial charge is 0.410 e. The summed E-state index contributed by atoms with van der Waals surface area (Å²) in [5.74, 6) is 1.15. The first-order valence-corrected chi connectivity index (χ1v) is 9.39. The molecule has 0 radical (unpaired) electrons. The first-order valence-electron chi connectivity index (χ1n) is 9.39. The van der Waals surface area contributed by atoms with E-state index in [1.807, 2.05) is 20.8 Å². The van der Waals surface area contributed by atoms with E-state index in [4.69, 9.17) is 14.2 Å². The molecule has 2 aliphatic rings. The predicted molar refractivity (Wildman–Crippen MR) is 100 cm³/mol. The van der Waals surface area contributed by atoms with Crippen molar-refractivity contribution >= 4 is 12.0 Å². The van der Waals surface area contributed by atoms with Gasteiger partial charge in [-0.2, -0.15) is 0 Å². The van der Waals surface area contributed by atoms with Crippen LogP contribution in [0.25, 0.3) is 0 Å². The van der Waals surface area contributed by atoms with Gasteiger partial charge in [-0.15, -0.1) is 0 Å². The monoisotopic (exact) mass is 376 g/mol. The van der Waals surface area contributed by atoms with Gasteiger partial charge in [-0.1, -0.05) is 0 Å². The van der Waals surface area contributed by atoms with Gasteiger partial charge in [-0.3, -0.25) is 4.79 Å². The zero-order valence-corrected chi connectivity index (χ0v) is 16.5. The van der Waals surface area contributed by atoms with E-state index in [1.54, 1.807) is 35.0 Å². The topological polar surface area (TPSA) is 68.3 Å². The number of carbonyl (C=O) groups excluding carboxylic acids is 2. The minimum absolute atomic E-state index is 0.0361. The molecule has 0 bridgehead atoms. The van der Waals surface area contributed by atoms with E-state index in [0.29, 0.717) is 43.4 Å². The third kappa shape index (κ3) is 4.64. The molecular formula is C20H28N2O5. The van der Waals surface area contributed by atoms with Gasteiger partial charge in [0.05, 0.1) is 6.04 Å². The van der Waals surface area contributed by atoms with Gasteiger partial charge in [-0.25, -0.2) is 4.79 Å². The first-order chi connectivity index (χ1) is 12.7. The van der Waals surface area contributed by atoms with E-state index in [0.717, 1.165) is 12.8 Å². The number of nitrogens with zero attached hydrogens (tertiary/aromatic N) is 2. The van der Waals surface area contributed by atoms with Gasteiger partial charge in [0.25, 0.3) is 5.91 Å². The normalized spacial score (nSPS) is 19.0. The van der Waals surface area contributed by atoms with Gasteiger partial charge in [0, 0.05) is 25.7 Å². The van der Waals surface area contributed by atoms with Gasteiger partial charge in [0.15, 0.2) is 11.5 Å². The maximum absolute atomic E-state index is 12.8. The van der Waals surface area contributed by atoms with Crippen molar-refractivity contribution in [1.82, 2.24) is 9.80 Å². The molecule has 3 rings (SSSR count). The largest absolute Gasteiger partial charge is 0.486 e. The Hall–Kier alpha value is -2.44. The molecule has 1 fully saturated rings. The molecule has 2 amide bonds. The maximum atomic E-state index is 12.8. The Kier molecular flexibility index (Phi) is 5.48. The second-order valence-electron chi connectivity index (χ2n) is 8.01. The summed E-state index contributed by atoms with van der Waals surface area (Å²) in [5, 5.41) is 0. The maximum Gasteiger partial charge on any atom is 0.410 e. The van der Waals surface area contributed by atoms with E-state index in [9.17, 15) is 9.59 Å². The number of hydrogen-bond acceptors (Lipinski definition) is 5. The lowest BCUT2D eigenvalue weighted by Crippen LogP contribution is -2.45. The van der Waals surface area contributed by atoms with Crippen LogP contribution in [-0.4, -0.2) is 66.8 Å². The van der Waals surface area contributed by atoms with E-state index in [-0.39, 0.29) is 18.0 Å². The molecule has 0 spiro atoms. The fraction of sp³-hybridized carbons (Fsp3) is 0.600. The number of likely N-dealkylation sites (N-methyl/N-ethyl adjacent to an activating group) is 1. The van der Waals surface area contributed by atoms with Crippen molar-refractivity contribution < 1.29 is 23.8 Å². The van der Waals surface area contributed by atoms with E-state index in [1.165, 1.54) is 0 Å². The molecule has 1 unspecified atom stereocenters. The lowest BCUT2D eigenvalue weighted by Gasteiger charge is -2.31. The second-order valence-corrected chi connectivity index (χ2v) is 8.01. The molecule has 0 aliphatic carbocycles. The van der Waals surface area contributed by atoms with Crippen molar-refractivity contribution in [3.05, 3.63) is 23.8 Å². The Morgan fingerprint density at radius 2 is 1.93 bits per heavy atom. The fourth-order valence-corrected chi connectivity index (χ4v) is 3.38. The second kappa shape index (κ2) is 7.66. The average molecular weight is 376 g/mol. The Bertz CT molecular complexity index is 713. The highest BCUT2D eigenvalue weighted by molar-refractivity contribution is 5.94. The number of benzene rings is 1. The van der Waals surface area contributed by atoms with E-state index in [2.05, 4.69) is 0 Å². The molecule has 7 heteroatoms. The summed E-state index contributed by atoms with van der Waals surface area (Å²) in [4.78, 5) is 28.6. The van der Waals surface area contributed by atoms with Crippen LogP contribution in [0.1, 0.15) is 44.0 Å². The highest BCUT2D eigenvalue weighted by Crippen LogP contribution is 2.31. The zero-order valence-electron chi connectivity index (χ0n) is 16.5. The molecule has 0 N–H and O–H groups in total. The van der Waals surface area contributed by atoms with Gasteiger partial charge in [0.2, 0.25) is 0 Å². The summed E-state index contributed by atoms with van der Waals surface area (Å²) < 4.78 is 16.5. The Morgan fingerprint density at radius 3 is 2.63 bits per heavy atom. The molecule has 148 valence electrons. The minimum Gasteiger partial charge on any atom is -0.486 e. The third-order valence-electron chi connectivity index (χ3n) is 4.63. The number of fused-ring (bicyclic) bond motifs is 1. The molecule has 0 aromatic heterocycles. The summed E-state index contributed by atoms with van der Waals surface area (Å²) >= 11 is 0. The lowest BCUT2D eigenvalue weighted by molar-refractivity contribution is 0.0199. The molecule has 1 saturated heterocycles. The van der Waals surface area contributed by atoms with Crippen molar-refractivity contribution in [2.45, 2.75) is 45.3 Å². The predicted octanol–water partition coefficient (Wildman–Crippen LogP) is 2.93. The van der Waals surface area contributed by atoms with Crippen molar-refractivity contribution in [1.29, 1.82) is 0 Å². The third-order valence-corrected chi connectivity index (χ3v) is 4.63. The summed E-state index contributed by atoms with van der Waals surface area (Å²) in [6.45, 7) is 7.68. The van der Waals surface area contributed by atoms with Crippen molar-refractivity contribution in [3.63, 3.8) is 0 Å². The van der Waals surface area contributed by atoms with Crippen LogP contribution in [0.3, 0.4) is 0 Å². The summed E-state index contributed by atoms with van der Waals surface area (Å²) in [7, 11) is 1.75. The zero-order chi connectivity index (χ0) is 19.6. The van der Waals surface area contributed by atoms with Crippen LogP contribution in [-0.2, 0) is 4.74 Å². The first kappa shape index (κ1) is 19.3. The van der Waals surface area contributed by atoms with Crippen LogP contribution in [0.4, 0.5) is 4.79 Å². The SMILES string of the molecule is CN(CC1CCCN1C(=O)OC(C)(C)C)C(=O)c1ccc2c(c1)OCCO2. The van der Waals surface area contributed by atoms with Crippen LogP contribution >= 0.6 is 0 Å². The summed E-state index contributed by atoms with van der Waals surface area (Å²) in [6.07, 6.45) is 1.46. The van der Waals surface area contributed by atoms with E-state index < -0.39 is 5.60 Å². The minimum atomic E-state index is -0.531. The summed E-state index contributed by atoms with van der Waals surface area (Å²) in [5.41, 5.74) is 0.0144. The van der Waals surface area contributed by atoms with Gasteiger partial charge < -0.3 is 24.0 Å². The highest BCUT2D eigenvalue weighted by Gasteiger charge is 2.33. The van der Waals surface area contributed by atoms with Crippen molar-refractivity contribution in [2.75, 3.05) is 33.4 Å². The number of carbonyl (C=O) groups is 2. The van der Waals surface area contributed by atoms with Gasteiger partial charge in [0.1, 0.15) is 18.8 Å². The van der Waals surface area contributed by atoms with Crippen molar-refractivity contribution in [3.8, 4) is 11.5 Å². The van der Waals surface area contributed by atoms with Gasteiger partial charge in [-0.05, 0) is 51.8 Å². The Balaban J connectivity index is 1.64. The molecule has 7 nitrogen and oxygen atoms in total. The molecule has 27 heavy (non-hydrogen) atoms. The summed E-state index contributed by atoms with van der Waals surface area (Å²) in [6, 6.07) is 5.18. The molecular weight excluding hydrogens is 348 g/mol. The molecule has 1 aromatic rings. The van der Waals surface area contributed by atoms with Crippen LogP contribution in [0, 0.1) is 0 Å². The average Bonchev–Trinajstić information content (AvgIpc) is 3.07. The van der Waals surface area contributed by atoms with Crippen LogP contribution < -0.4 is 9.47 Å². The number of rotatable bonds is 3. The van der Waals surface area contributed by atoms with Crippen LogP contribution in [0.15, 0.2) is 18.2 Å². The Morgan fingerprint density at radius 1 is 1.22 bits per heavy atom. The van der Waals surface area contributed by atoms with E-state index >= 15 is 0 Å².